The van der Waals surface area contributed by atoms with Crippen molar-refractivity contribution < 1.29 is 14.8 Å². The first-order valence-corrected chi connectivity index (χ1v) is 6.97. The molecule has 3 rings (SSSR count). The number of rotatable bonds is 5. The summed E-state index contributed by atoms with van der Waals surface area (Å²) in [6.07, 6.45) is 0. The molecule has 1 aromatic carbocycles. The molecule has 0 aliphatic rings. The maximum Gasteiger partial charge on any atom is 0.348 e. The second kappa shape index (κ2) is 5.18. The van der Waals surface area contributed by atoms with E-state index in [-0.39, 0.29) is 16.3 Å². The van der Waals surface area contributed by atoms with E-state index < -0.39 is 22.0 Å². The first kappa shape index (κ1) is 14.7. The SMILES string of the molecule is O=C(O)c1sc(-c2cccc([N+](=O)[O-])c2)cc1Nn1c(=O)c1=O. The van der Waals surface area contributed by atoms with Crippen molar-refractivity contribution in [1.29, 1.82) is 0 Å². The fraction of sp³-hybridized carbons (Fsp3) is 0. The largest absolute Gasteiger partial charge is 0.477 e. The third-order valence-corrected chi connectivity index (χ3v) is 4.21. The predicted molar refractivity (Wildman–Crippen MR) is 81.7 cm³/mol. The van der Waals surface area contributed by atoms with Gasteiger partial charge in [0.1, 0.15) is 4.88 Å². The summed E-state index contributed by atoms with van der Waals surface area (Å²) in [5.41, 5.74) is 1.31. The molecule has 0 fully saturated rings. The van der Waals surface area contributed by atoms with Crippen LogP contribution in [0.3, 0.4) is 0 Å². The Morgan fingerprint density at radius 3 is 2.52 bits per heavy atom. The number of aromatic carboxylic acids is 1. The molecule has 0 spiro atoms. The molecule has 0 unspecified atom stereocenters. The first-order chi connectivity index (χ1) is 10.9. The van der Waals surface area contributed by atoms with Crippen LogP contribution in [0, 0.1) is 10.1 Å². The molecule has 0 radical (unpaired) electrons. The van der Waals surface area contributed by atoms with Gasteiger partial charge in [-0.15, -0.1) is 11.3 Å². The minimum atomic E-state index is -1.24. The van der Waals surface area contributed by atoms with Crippen LogP contribution in [0.15, 0.2) is 39.9 Å². The smallest absolute Gasteiger partial charge is 0.348 e. The van der Waals surface area contributed by atoms with Crippen molar-refractivity contribution in [3.8, 4) is 10.4 Å². The molecule has 2 aromatic heterocycles. The molecule has 116 valence electrons. The van der Waals surface area contributed by atoms with Gasteiger partial charge < -0.3 is 5.11 Å². The van der Waals surface area contributed by atoms with Crippen LogP contribution in [0.2, 0.25) is 0 Å². The Bertz CT molecular complexity index is 985. The number of anilines is 1. The van der Waals surface area contributed by atoms with Gasteiger partial charge in [0.25, 0.3) is 5.69 Å². The second-order valence-electron chi connectivity index (χ2n) is 4.52. The van der Waals surface area contributed by atoms with E-state index >= 15 is 0 Å². The molecule has 23 heavy (non-hydrogen) atoms. The Morgan fingerprint density at radius 2 is 1.96 bits per heavy atom. The monoisotopic (exact) mass is 333 g/mol. The molecule has 2 N–H and O–H groups in total. The van der Waals surface area contributed by atoms with Gasteiger partial charge in [-0.2, -0.15) is 4.68 Å². The third kappa shape index (κ3) is 2.62. The Balaban J connectivity index is 2.04. The van der Waals surface area contributed by atoms with Crippen molar-refractivity contribution in [3.05, 3.63) is 66.0 Å². The van der Waals surface area contributed by atoms with Crippen molar-refractivity contribution in [1.82, 2.24) is 4.68 Å². The average molecular weight is 333 g/mol. The van der Waals surface area contributed by atoms with E-state index in [1.54, 1.807) is 6.07 Å². The molecule has 2 heterocycles. The van der Waals surface area contributed by atoms with E-state index in [9.17, 15) is 29.6 Å². The van der Waals surface area contributed by atoms with Crippen LogP contribution in [0.5, 0.6) is 0 Å². The summed E-state index contributed by atoms with van der Waals surface area (Å²) in [6.45, 7) is 0. The molecule has 10 heteroatoms. The first-order valence-electron chi connectivity index (χ1n) is 6.15. The van der Waals surface area contributed by atoms with Crippen molar-refractivity contribution >= 4 is 28.7 Å². The zero-order valence-corrected chi connectivity index (χ0v) is 12.0. The van der Waals surface area contributed by atoms with Crippen LogP contribution >= 0.6 is 11.3 Å². The standard InChI is InChI=1S/C13H7N3O6S/c17-11-12(18)15(11)14-8-5-9(23-10(8)13(19)20)6-2-1-3-7(4-6)16(21)22/h1-5,14H,(H,19,20). The normalized spacial score (nSPS) is 10.8. The Kier molecular flexibility index (Phi) is 3.30. The van der Waals surface area contributed by atoms with Gasteiger partial charge >= 0.3 is 17.1 Å². The molecule has 0 saturated heterocycles. The number of nitro groups is 1. The molecule has 0 amide bonds. The second-order valence-corrected chi connectivity index (χ2v) is 5.58. The summed E-state index contributed by atoms with van der Waals surface area (Å²) in [4.78, 5) is 43.9. The molecule has 0 atom stereocenters. The Labute approximate surface area is 130 Å². The fourth-order valence-electron chi connectivity index (χ4n) is 1.90. The highest BCUT2D eigenvalue weighted by Crippen LogP contribution is 2.36. The summed E-state index contributed by atoms with van der Waals surface area (Å²) in [5.74, 6) is -1.24. The lowest BCUT2D eigenvalue weighted by Gasteiger charge is -1.98. The molecule has 0 aliphatic heterocycles. The van der Waals surface area contributed by atoms with Gasteiger partial charge in [0.2, 0.25) is 0 Å². The molecular formula is C13H7N3O6S. The maximum absolute atomic E-state index is 11.3. The lowest BCUT2D eigenvalue weighted by molar-refractivity contribution is -0.384. The summed E-state index contributed by atoms with van der Waals surface area (Å²) < 4.78 is 0.686. The van der Waals surface area contributed by atoms with Gasteiger partial charge in [0.05, 0.1) is 10.6 Å². The van der Waals surface area contributed by atoms with E-state index in [0.717, 1.165) is 11.3 Å². The number of nitrogens with zero attached hydrogens (tertiary/aromatic N) is 2. The number of hydrogen-bond donors (Lipinski definition) is 2. The molecule has 0 aliphatic carbocycles. The van der Waals surface area contributed by atoms with Gasteiger partial charge in [-0.3, -0.25) is 25.1 Å². The lowest BCUT2D eigenvalue weighted by Crippen LogP contribution is -2.09. The van der Waals surface area contributed by atoms with E-state index in [1.807, 2.05) is 0 Å². The van der Waals surface area contributed by atoms with E-state index in [1.165, 1.54) is 24.3 Å². The van der Waals surface area contributed by atoms with Crippen molar-refractivity contribution in [2.75, 3.05) is 5.43 Å². The lowest BCUT2D eigenvalue weighted by atomic mass is 10.1. The number of non-ortho nitro benzene ring substituents is 1. The van der Waals surface area contributed by atoms with Crippen LogP contribution in [0.4, 0.5) is 11.4 Å². The molecule has 9 nitrogen and oxygen atoms in total. The number of aromatic nitrogens is 1. The summed E-state index contributed by atoms with van der Waals surface area (Å²) in [5, 5.41) is 20.0. The van der Waals surface area contributed by atoms with Gasteiger partial charge in [0, 0.05) is 17.0 Å². The van der Waals surface area contributed by atoms with Gasteiger partial charge in [-0.05, 0) is 11.6 Å². The van der Waals surface area contributed by atoms with Crippen molar-refractivity contribution in [3.63, 3.8) is 0 Å². The topological polar surface area (TPSA) is 132 Å². The Hall–Kier alpha value is -3.27. The number of carboxylic acids is 1. The molecular weight excluding hydrogens is 326 g/mol. The summed E-state index contributed by atoms with van der Waals surface area (Å²) >= 11 is 0.879. The highest BCUT2D eigenvalue weighted by Gasteiger charge is 2.22. The maximum atomic E-state index is 11.3. The summed E-state index contributed by atoms with van der Waals surface area (Å²) in [6, 6.07) is 7.14. The highest BCUT2D eigenvalue weighted by atomic mass is 32.1. The van der Waals surface area contributed by atoms with Crippen LogP contribution in [0.1, 0.15) is 9.67 Å². The van der Waals surface area contributed by atoms with E-state index in [4.69, 9.17) is 0 Å². The quantitative estimate of drug-likeness (QED) is 0.408. The molecule has 3 aromatic rings. The highest BCUT2D eigenvalue weighted by molar-refractivity contribution is 7.18. The van der Waals surface area contributed by atoms with Gasteiger partial charge in [-0.1, -0.05) is 12.1 Å². The minimum Gasteiger partial charge on any atom is -0.477 e. The van der Waals surface area contributed by atoms with Crippen LogP contribution in [0.25, 0.3) is 10.4 Å². The fourth-order valence-corrected chi connectivity index (χ4v) is 2.85. The number of hydrogen-bond acceptors (Lipinski definition) is 7. The zero-order valence-electron chi connectivity index (χ0n) is 11.2. The average Bonchev–Trinajstić information content (AvgIpc) is 2.91. The van der Waals surface area contributed by atoms with Gasteiger partial charge in [-0.25, -0.2) is 4.79 Å². The number of thiophene rings is 1. The minimum absolute atomic E-state index is 0.0724. The number of nitro benzene ring substituents is 1. The number of carbonyl (C=O) groups is 1. The zero-order chi connectivity index (χ0) is 16.7. The van der Waals surface area contributed by atoms with Crippen molar-refractivity contribution in [2.45, 2.75) is 0 Å². The number of carboxylic acid groups (broad SMARTS) is 1. The van der Waals surface area contributed by atoms with Crippen molar-refractivity contribution in [2.24, 2.45) is 0 Å². The predicted octanol–water partition coefficient (Wildman–Crippen LogP) is 1.29. The number of nitrogens with one attached hydrogen (secondary N) is 1. The summed E-state index contributed by atoms with van der Waals surface area (Å²) in [7, 11) is 0. The van der Waals surface area contributed by atoms with Crippen LogP contribution < -0.4 is 16.5 Å². The van der Waals surface area contributed by atoms with E-state index in [0.29, 0.717) is 15.1 Å². The third-order valence-electron chi connectivity index (χ3n) is 3.04. The number of benzene rings is 1. The van der Waals surface area contributed by atoms with Crippen LogP contribution in [-0.2, 0) is 0 Å². The molecule has 0 saturated carbocycles. The van der Waals surface area contributed by atoms with E-state index in [2.05, 4.69) is 5.43 Å². The van der Waals surface area contributed by atoms with Crippen LogP contribution in [-0.4, -0.2) is 20.7 Å². The van der Waals surface area contributed by atoms with Gasteiger partial charge in [0.15, 0.2) is 0 Å². The Morgan fingerprint density at radius 1 is 1.26 bits per heavy atom. The molecule has 0 bridgehead atoms.